The molecule has 4 rings (SSSR count). The third kappa shape index (κ3) is 21.1. The molecule has 0 fully saturated rings. The molecule has 0 saturated carbocycles. The fourth-order valence-electron chi connectivity index (χ4n) is 2.40. The van der Waals surface area contributed by atoms with Crippen molar-refractivity contribution in [2.45, 2.75) is 0 Å². The fraction of sp³-hybridized carbons (Fsp3) is 0. The van der Waals surface area contributed by atoms with E-state index in [4.69, 9.17) is 15.9 Å². The van der Waals surface area contributed by atoms with E-state index < -0.39 is 58.6 Å². The number of aromatic nitrogens is 4. The number of anilines is 1. The summed E-state index contributed by atoms with van der Waals surface area (Å²) in [6.07, 6.45) is 1.79. The molecule has 4 heterocycles. The summed E-state index contributed by atoms with van der Waals surface area (Å²) in [6.45, 7) is 0. The van der Waals surface area contributed by atoms with E-state index in [1.807, 2.05) is 12.1 Å². The number of pyridine rings is 4. The Kier molecular flexibility index (Phi) is 31.2. The third-order valence-corrected chi connectivity index (χ3v) is 4.26. The molecule has 0 atom stereocenters. The number of carboxylic acid groups (broad SMARTS) is 6. The monoisotopic (exact) mass is 734 g/mol. The molecule has 0 aromatic carbocycles. The van der Waals surface area contributed by atoms with Gasteiger partial charge in [0, 0.05) is 6.07 Å². The molecule has 4 aromatic heterocycles. The van der Waals surface area contributed by atoms with Crippen molar-refractivity contribution >= 4 is 41.6 Å². The summed E-state index contributed by atoms with van der Waals surface area (Å²) >= 11 is 0. The van der Waals surface area contributed by atoms with Crippen LogP contribution in [0.25, 0.3) is 0 Å². The second-order valence-corrected chi connectivity index (χ2v) is 7.30. The number of hydrogen-bond donors (Lipinski definition) is 3. The first-order chi connectivity index (χ1) is 20.2. The number of aromatic carboxylic acids is 6. The largest absolute Gasteiger partial charge is 3.00 e. The van der Waals surface area contributed by atoms with Crippen LogP contribution in [0.3, 0.4) is 0 Å². The van der Waals surface area contributed by atoms with Crippen molar-refractivity contribution in [3.63, 3.8) is 0 Å². The Balaban J connectivity index is -0.000000123. The van der Waals surface area contributed by atoms with Crippen molar-refractivity contribution in [3.8, 4) is 0 Å². The van der Waals surface area contributed by atoms with Crippen molar-refractivity contribution < 1.29 is 109 Å². The number of aromatic amines is 1. The first-order valence-electron chi connectivity index (χ1n) is 11.2. The van der Waals surface area contributed by atoms with Gasteiger partial charge in [-0.1, -0.05) is 24.3 Å². The van der Waals surface area contributed by atoms with Gasteiger partial charge in [-0.15, -0.1) is 0 Å². The zero-order valence-electron chi connectivity index (χ0n) is 24.3. The topological polar surface area (TPSA) is 471 Å². The second-order valence-electron chi connectivity index (χ2n) is 7.30. The summed E-state index contributed by atoms with van der Waals surface area (Å²) in [6, 6.07) is 16.4. The number of carbonyl (C=O) groups excluding carboxylic acids is 4. The van der Waals surface area contributed by atoms with Crippen molar-refractivity contribution in [3.05, 3.63) is 113 Å². The molecule has 23 heteroatoms. The molecule has 265 valence electrons. The summed E-state index contributed by atoms with van der Waals surface area (Å²) in [4.78, 5) is 74.1. The Morgan fingerprint density at radius 2 is 0.755 bits per heavy atom. The van der Waals surface area contributed by atoms with Crippen molar-refractivity contribution in [2.75, 3.05) is 5.73 Å². The molecule has 0 saturated heterocycles. The Hall–Kier alpha value is -6.45. The van der Waals surface area contributed by atoms with Crippen LogP contribution in [0.15, 0.2) is 79.0 Å². The van der Waals surface area contributed by atoms with Crippen LogP contribution < -0.4 is 31.1 Å². The molecule has 22 nitrogen and oxygen atoms in total. The van der Waals surface area contributed by atoms with Gasteiger partial charge in [0.15, 0.2) is 0 Å². The maximum atomic E-state index is 10.3. The third-order valence-electron chi connectivity index (χ3n) is 4.26. The molecule has 4 aromatic rings. The minimum Gasteiger partial charge on any atom is -0.543 e. The van der Waals surface area contributed by atoms with Crippen LogP contribution in [-0.4, -0.2) is 88.4 Å². The molecule has 0 unspecified atom stereocenters. The number of nitrogens with two attached hydrogens (primary N) is 1. The SMILES string of the molecule is Nc1cccc[nH+]1.O.O.O.O.O.O=C(O)c1cccc(C(=O)O)n1.O=C([O-])c1cccc(C(=O)[O-])n1.O=C([O-])c1cccc(C(=O)[O-])n1.[Cr+3]. The number of H-pyrrole nitrogens is 1. The van der Waals surface area contributed by atoms with Crippen molar-refractivity contribution in [1.29, 1.82) is 0 Å². The van der Waals surface area contributed by atoms with Crippen LogP contribution in [0.5, 0.6) is 0 Å². The zero-order valence-corrected chi connectivity index (χ0v) is 25.6. The van der Waals surface area contributed by atoms with E-state index in [0.717, 1.165) is 24.3 Å². The van der Waals surface area contributed by atoms with Crippen molar-refractivity contribution in [2.24, 2.45) is 0 Å². The number of nitrogen functional groups attached to an aromatic ring is 1. The van der Waals surface area contributed by atoms with Crippen LogP contribution >= 0.6 is 0 Å². The van der Waals surface area contributed by atoms with Gasteiger partial charge in [0.25, 0.3) is 5.82 Å². The number of carbonyl (C=O) groups is 6. The van der Waals surface area contributed by atoms with E-state index in [0.29, 0.717) is 5.82 Å². The normalized spacial score (nSPS) is 8.08. The molecule has 49 heavy (non-hydrogen) atoms. The minimum atomic E-state index is -1.52. The molecular formula is C26H28CrN5O17. The maximum Gasteiger partial charge on any atom is 3.00 e. The predicted octanol–water partition coefficient (Wildman–Crippen LogP) is -7.95. The molecule has 0 amide bonds. The van der Waals surface area contributed by atoms with Crippen LogP contribution in [0.4, 0.5) is 5.82 Å². The van der Waals surface area contributed by atoms with E-state index >= 15 is 0 Å². The average molecular weight is 735 g/mol. The van der Waals surface area contributed by atoms with Crippen LogP contribution in [0.2, 0.25) is 0 Å². The molecule has 15 N–H and O–H groups in total. The number of carboxylic acids is 6. The first kappa shape index (κ1) is 55.0. The van der Waals surface area contributed by atoms with Gasteiger partial charge in [-0.25, -0.2) is 29.5 Å². The van der Waals surface area contributed by atoms with Crippen LogP contribution in [0.1, 0.15) is 62.9 Å². The summed E-state index contributed by atoms with van der Waals surface area (Å²) in [5.74, 6) is -7.84. The van der Waals surface area contributed by atoms with Gasteiger partial charge in [0.2, 0.25) is 0 Å². The molecule has 0 bridgehead atoms. The van der Waals surface area contributed by atoms with Gasteiger partial charge in [-0.2, -0.15) is 0 Å². The molecular weight excluding hydrogens is 706 g/mol. The summed E-state index contributed by atoms with van der Waals surface area (Å²) in [5.41, 5.74) is 3.09. The first-order valence-corrected chi connectivity index (χ1v) is 11.2. The van der Waals surface area contributed by atoms with Gasteiger partial charge in [0.05, 0.1) is 52.8 Å². The average Bonchev–Trinajstić information content (AvgIpc) is 2.98. The van der Waals surface area contributed by atoms with Crippen LogP contribution in [-0.2, 0) is 17.4 Å². The standard InChI is InChI=1S/3C7H5NO4.C5H6N2.Cr.5H2O/c3*9-6(10)4-2-1-3-5(8-4)7(11)12;6-5-3-1-2-4-7-5;;;;;;/h3*1-3H,(H,9,10)(H,11,12);1-4H,(H2,6,7);;5*1H2/q;;;;+3;;;;;/p-3. The van der Waals surface area contributed by atoms with E-state index in [2.05, 4.69) is 19.9 Å². The van der Waals surface area contributed by atoms with Gasteiger partial charge >= 0.3 is 29.3 Å². The summed E-state index contributed by atoms with van der Waals surface area (Å²) < 4.78 is 0. The van der Waals surface area contributed by atoms with Crippen LogP contribution in [0, 0.1) is 0 Å². The van der Waals surface area contributed by atoms with Gasteiger partial charge in [-0.05, 0) is 42.5 Å². The number of nitrogens with zero attached hydrogens (tertiary/aromatic N) is 3. The smallest absolute Gasteiger partial charge is 0.543 e. The van der Waals surface area contributed by atoms with Gasteiger partial charge in [0.1, 0.15) is 11.4 Å². The Morgan fingerprint density at radius 1 is 0.490 bits per heavy atom. The Labute approximate surface area is 284 Å². The predicted molar refractivity (Wildman–Crippen MR) is 149 cm³/mol. The van der Waals surface area contributed by atoms with Gasteiger partial charge in [-0.3, -0.25) is 5.73 Å². The van der Waals surface area contributed by atoms with Crippen molar-refractivity contribution in [1.82, 2.24) is 15.0 Å². The Morgan fingerprint density at radius 3 is 0.939 bits per heavy atom. The van der Waals surface area contributed by atoms with E-state index in [-0.39, 0.29) is 56.1 Å². The molecule has 0 aliphatic carbocycles. The summed E-state index contributed by atoms with van der Waals surface area (Å²) in [5, 5.41) is 57.6. The minimum absolute atomic E-state index is 0. The van der Waals surface area contributed by atoms with Gasteiger partial charge < -0.3 is 77.2 Å². The molecule has 0 spiro atoms. The molecule has 0 aliphatic rings. The van der Waals surface area contributed by atoms with E-state index in [1.165, 1.54) is 30.3 Å². The quantitative estimate of drug-likeness (QED) is 0.165. The Bertz CT molecular complexity index is 1380. The maximum absolute atomic E-state index is 10.3. The molecule has 0 aliphatic heterocycles. The number of nitrogens with one attached hydrogen (secondary N) is 1. The van der Waals surface area contributed by atoms with E-state index in [9.17, 15) is 49.2 Å². The van der Waals surface area contributed by atoms with E-state index in [1.54, 1.807) is 12.3 Å². The zero-order chi connectivity index (χ0) is 32.5. The molecule has 1 radical (unpaired) electrons. The number of hydrogen-bond acceptors (Lipinski definition) is 14. The number of rotatable bonds is 6. The fourth-order valence-corrected chi connectivity index (χ4v) is 2.40. The summed E-state index contributed by atoms with van der Waals surface area (Å²) in [7, 11) is 0. The second kappa shape index (κ2) is 27.8.